The van der Waals surface area contributed by atoms with Crippen molar-refractivity contribution < 1.29 is 4.39 Å². The van der Waals surface area contributed by atoms with Crippen LogP contribution in [0.5, 0.6) is 0 Å². The lowest BCUT2D eigenvalue weighted by Gasteiger charge is -2.47. The van der Waals surface area contributed by atoms with Crippen molar-refractivity contribution in [2.75, 3.05) is 18.0 Å². The molecule has 1 aliphatic rings. The first kappa shape index (κ1) is 17.3. The fraction of sp³-hybridized carbons (Fsp3) is 0.684. The van der Waals surface area contributed by atoms with Crippen molar-refractivity contribution in [3.8, 4) is 0 Å². The molecule has 1 atom stereocenters. The summed E-state index contributed by atoms with van der Waals surface area (Å²) in [4.78, 5) is 2.40. The second kappa shape index (κ2) is 6.99. The van der Waals surface area contributed by atoms with Crippen LogP contribution >= 0.6 is 0 Å². The van der Waals surface area contributed by atoms with Crippen molar-refractivity contribution in [1.29, 1.82) is 0 Å². The van der Waals surface area contributed by atoms with E-state index in [9.17, 15) is 4.39 Å². The average Bonchev–Trinajstić information content (AvgIpc) is 2.44. The third kappa shape index (κ3) is 3.45. The van der Waals surface area contributed by atoms with Crippen LogP contribution in [0, 0.1) is 5.82 Å². The summed E-state index contributed by atoms with van der Waals surface area (Å²) in [5, 5.41) is 3.31. The van der Waals surface area contributed by atoms with Crippen LogP contribution in [0.25, 0.3) is 0 Å². The van der Waals surface area contributed by atoms with E-state index in [1.807, 2.05) is 0 Å². The highest BCUT2D eigenvalue weighted by molar-refractivity contribution is 5.61. The van der Waals surface area contributed by atoms with Crippen LogP contribution in [0.15, 0.2) is 12.1 Å². The normalized spacial score (nSPS) is 20.1. The first-order valence-electron chi connectivity index (χ1n) is 8.71. The maximum absolute atomic E-state index is 14.5. The molecule has 0 saturated heterocycles. The van der Waals surface area contributed by atoms with Gasteiger partial charge in [0.05, 0.1) is 0 Å². The van der Waals surface area contributed by atoms with Gasteiger partial charge in [-0.3, -0.25) is 0 Å². The summed E-state index contributed by atoms with van der Waals surface area (Å²) in [5.74, 6) is 0.400. The van der Waals surface area contributed by atoms with Gasteiger partial charge < -0.3 is 10.2 Å². The maximum atomic E-state index is 14.5. The number of hydrogen-bond acceptors (Lipinski definition) is 2. The van der Waals surface area contributed by atoms with E-state index < -0.39 is 0 Å². The zero-order valence-electron chi connectivity index (χ0n) is 14.8. The molecular formula is C19H31FN2. The van der Waals surface area contributed by atoms with Crippen LogP contribution in [0.1, 0.15) is 70.9 Å². The number of anilines is 1. The number of fused-ring (bicyclic) bond motifs is 1. The minimum absolute atomic E-state index is 0.0756. The average molecular weight is 306 g/mol. The van der Waals surface area contributed by atoms with E-state index in [1.54, 1.807) is 6.07 Å². The van der Waals surface area contributed by atoms with Gasteiger partial charge in [-0.25, -0.2) is 4.39 Å². The van der Waals surface area contributed by atoms with Crippen molar-refractivity contribution in [3.05, 3.63) is 29.1 Å². The summed E-state index contributed by atoms with van der Waals surface area (Å²) in [7, 11) is 0. The number of hydrogen-bond donors (Lipinski definition) is 1. The van der Waals surface area contributed by atoms with E-state index >= 15 is 0 Å². The van der Waals surface area contributed by atoms with Gasteiger partial charge in [0.25, 0.3) is 0 Å². The third-order valence-corrected chi connectivity index (χ3v) is 4.74. The number of benzene rings is 1. The Hall–Kier alpha value is -1.09. The molecule has 2 nitrogen and oxygen atoms in total. The molecule has 22 heavy (non-hydrogen) atoms. The molecule has 0 radical (unpaired) electrons. The number of halogens is 1. The van der Waals surface area contributed by atoms with Crippen LogP contribution in [0.3, 0.4) is 0 Å². The maximum Gasteiger partial charge on any atom is 0.129 e. The Balaban J connectivity index is 2.37. The molecule has 1 heterocycles. The third-order valence-electron chi connectivity index (χ3n) is 4.74. The molecule has 2 rings (SSSR count). The molecule has 0 bridgehead atoms. The molecular weight excluding hydrogens is 275 g/mol. The van der Waals surface area contributed by atoms with Gasteiger partial charge in [0.1, 0.15) is 5.82 Å². The fourth-order valence-electron chi connectivity index (χ4n) is 3.73. The quantitative estimate of drug-likeness (QED) is 0.757. The van der Waals surface area contributed by atoms with Crippen LogP contribution < -0.4 is 10.2 Å². The lowest BCUT2D eigenvalue weighted by Crippen LogP contribution is -2.48. The summed E-state index contributed by atoms with van der Waals surface area (Å²) in [5.41, 5.74) is 3.30. The van der Waals surface area contributed by atoms with E-state index in [-0.39, 0.29) is 11.4 Å². The number of nitrogens with one attached hydrogen (secondary N) is 1. The molecule has 0 aromatic heterocycles. The Bertz CT molecular complexity index is 510. The molecule has 1 aromatic carbocycles. The van der Waals surface area contributed by atoms with E-state index in [2.05, 4.69) is 50.9 Å². The van der Waals surface area contributed by atoms with Crippen molar-refractivity contribution in [2.24, 2.45) is 0 Å². The largest absolute Gasteiger partial charge is 0.366 e. The predicted octanol–water partition coefficient (Wildman–Crippen LogP) is 4.83. The minimum atomic E-state index is -0.0756. The second-order valence-electron chi connectivity index (χ2n) is 7.25. The molecule has 1 aliphatic heterocycles. The summed E-state index contributed by atoms with van der Waals surface area (Å²) in [6.45, 7) is 13.7. The Morgan fingerprint density at radius 1 is 1.27 bits per heavy atom. The molecule has 0 fully saturated rings. The van der Waals surface area contributed by atoms with Gasteiger partial charge in [-0.05, 0) is 63.3 Å². The van der Waals surface area contributed by atoms with Crippen molar-refractivity contribution in [3.63, 3.8) is 0 Å². The smallest absolute Gasteiger partial charge is 0.129 e. The standard InChI is InChI=1S/C19H31FN2/c1-6-8-21-13-15-10-16-14(3)12-19(4,5)22(9-7-2)18(16)11-17(15)20/h10-11,14,21H,6-9,12-13H2,1-5H3. The Labute approximate surface area is 135 Å². The monoisotopic (exact) mass is 306 g/mol. The van der Waals surface area contributed by atoms with Crippen molar-refractivity contribution in [2.45, 2.75) is 71.9 Å². The van der Waals surface area contributed by atoms with Crippen LogP contribution in [0.4, 0.5) is 10.1 Å². The van der Waals surface area contributed by atoms with Gasteiger partial charge in [0, 0.05) is 29.9 Å². The summed E-state index contributed by atoms with van der Waals surface area (Å²) in [6, 6.07) is 3.86. The highest BCUT2D eigenvalue weighted by Gasteiger charge is 2.36. The predicted molar refractivity (Wildman–Crippen MR) is 93.1 cm³/mol. The fourth-order valence-corrected chi connectivity index (χ4v) is 3.73. The molecule has 1 unspecified atom stereocenters. The highest BCUT2D eigenvalue weighted by Crippen LogP contribution is 2.44. The molecule has 0 saturated carbocycles. The lowest BCUT2D eigenvalue weighted by molar-refractivity contribution is 0.374. The molecule has 0 amide bonds. The molecule has 0 spiro atoms. The number of nitrogens with zero attached hydrogens (tertiary/aromatic N) is 1. The molecule has 1 aromatic rings. The highest BCUT2D eigenvalue weighted by atomic mass is 19.1. The molecule has 1 N–H and O–H groups in total. The van der Waals surface area contributed by atoms with Gasteiger partial charge in [-0.2, -0.15) is 0 Å². The van der Waals surface area contributed by atoms with E-state index in [0.717, 1.165) is 43.6 Å². The van der Waals surface area contributed by atoms with Crippen LogP contribution in [-0.2, 0) is 6.54 Å². The Kier molecular flexibility index (Phi) is 5.49. The summed E-state index contributed by atoms with van der Waals surface area (Å²) in [6.07, 6.45) is 3.27. The molecule has 3 heteroatoms. The first-order chi connectivity index (χ1) is 10.4. The van der Waals surface area contributed by atoms with Gasteiger partial charge >= 0.3 is 0 Å². The topological polar surface area (TPSA) is 15.3 Å². The molecule has 0 aliphatic carbocycles. The van der Waals surface area contributed by atoms with Crippen LogP contribution in [-0.4, -0.2) is 18.6 Å². The number of rotatable bonds is 6. The Morgan fingerprint density at radius 3 is 2.64 bits per heavy atom. The second-order valence-corrected chi connectivity index (χ2v) is 7.25. The van der Waals surface area contributed by atoms with Crippen LogP contribution in [0.2, 0.25) is 0 Å². The van der Waals surface area contributed by atoms with E-state index in [4.69, 9.17) is 0 Å². The zero-order valence-corrected chi connectivity index (χ0v) is 14.8. The summed E-state index contributed by atoms with van der Waals surface area (Å²) >= 11 is 0. The lowest BCUT2D eigenvalue weighted by atomic mass is 9.79. The van der Waals surface area contributed by atoms with E-state index in [0.29, 0.717) is 12.5 Å². The Morgan fingerprint density at radius 2 is 2.00 bits per heavy atom. The first-order valence-corrected chi connectivity index (χ1v) is 8.71. The SMILES string of the molecule is CCCNCc1cc2c(cc1F)N(CCC)C(C)(C)CC2C. The van der Waals surface area contributed by atoms with Crippen molar-refractivity contribution in [1.82, 2.24) is 5.32 Å². The minimum Gasteiger partial charge on any atom is -0.366 e. The van der Waals surface area contributed by atoms with E-state index in [1.165, 1.54) is 5.56 Å². The van der Waals surface area contributed by atoms with Gasteiger partial charge in [-0.1, -0.05) is 20.8 Å². The molecule has 124 valence electrons. The van der Waals surface area contributed by atoms with Crippen molar-refractivity contribution >= 4 is 5.69 Å². The zero-order chi connectivity index (χ0) is 16.3. The summed E-state index contributed by atoms with van der Waals surface area (Å²) < 4.78 is 14.5. The van der Waals surface area contributed by atoms with Gasteiger partial charge in [0.15, 0.2) is 0 Å². The van der Waals surface area contributed by atoms with Gasteiger partial charge in [0.2, 0.25) is 0 Å². The van der Waals surface area contributed by atoms with Gasteiger partial charge in [-0.15, -0.1) is 0 Å².